The lowest BCUT2D eigenvalue weighted by molar-refractivity contribution is -0.121. The van der Waals surface area contributed by atoms with Gasteiger partial charge in [-0.2, -0.15) is 0 Å². The first-order valence-corrected chi connectivity index (χ1v) is 11.4. The number of nitrogens with zero attached hydrogens (tertiary/aromatic N) is 1. The molecular weight excluding hydrogens is 394 g/mol. The number of fused-ring (bicyclic) bond motifs is 1. The third-order valence-corrected chi connectivity index (χ3v) is 6.77. The monoisotopic (exact) mass is 419 g/mol. The molecule has 0 radical (unpaired) electrons. The Bertz CT molecular complexity index is 1070. The van der Waals surface area contributed by atoms with E-state index in [1.807, 2.05) is 36.0 Å². The number of H-pyrrole nitrogens is 1. The van der Waals surface area contributed by atoms with Gasteiger partial charge in [-0.1, -0.05) is 42.1 Å². The van der Waals surface area contributed by atoms with Crippen LogP contribution in [0.4, 0.5) is 0 Å². The number of piperidine rings is 1. The van der Waals surface area contributed by atoms with Crippen LogP contribution in [0.15, 0.2) is 54.2 Å². The first-order valence-electron chi connectivity index (χ1n) is 10.4. The number of carbonyl (C=O) groups excluding carboxylic acids is 1. The van der Waals surface area contributed by atoms with E-state index < -0.39 is 0 Å². The summed E-state index contributed by atoms with van der Waals surface area (Å²) in [6.45, 7) is 2.84. The van der Waals surface area contributed by atoms with Gasteiger partial charge >= 0.3 is 0 Å². The molecule has 0 saturated carbocycles. The second-order valence-electron chi connectivity index (χ2n) is 7.82. The first kappa shape index (κ1) is 19.2. The fourth-order valence-electron chi connectivity index (χ4n) is 4.05. The van der Waals surface area contributed by atoms with Crippen LogP contribution in [0.25, 0.3) is 27.9 Å². The predicted molar refractivity (Wildman–Crippen MR) is 123 cm³/mol. The highest BCUT2D eigenvalue weighted by Crippen LogP contribution is 2.33. The molecule has 30 heavy (non-hydrogen) atoms. The number of nitrogens with one attached hydrogen (secondary N) is 4. The molecule has 1 saturated heterocycles. The van der Waals surface area contributed by atoms with E-state index in [1.165, 1.54) is 11.8 Å². The molecule has 2 aliphatic rings. The summed E-state index contributed by atoms with van der Waals surface area (Å²) in [5, 5.41) is 12.7. The number of rotatable bonds is 5. The molecule has 2 aliphatic heterocycles. The van der Waals surface area contributed by atoms with Crippen molar-refractivity contribution in [3.8, 4) is 11.1 Å². The second-order valence-corrected chi connectivity index (χ2v) is 8.80. The number of aromatic amines is 1. The second kappa shape index (κ2) is 8.53. The Morgan fingerprint density at radius 2 is 2.00 bits per heavy atom. The first-order chi connectivity index (χ1) is 14.8. The summed E-state index contributed by atoms with van der Waals surface area (Å²) < 4.78 is 0. The van der Waals surface area contributed by atoms with Gasteiger partial charge < -0.3 is 20.9 Å². The third kappa shape index (κ3) is 3.95. The highest BCUT2D eigenvalue weighted by atomic mass is 32.2. The van der Waals surface area contributed by atoms with Crippen molar-refractivity contribution in [2.24, 2.45) is 5.92 Å². The minimum Gasteiger partial charge on any atom is -0.364 e. The number of benzene rings is 1. The van der Waals surface area contributed by atoms with E-state index in [2.05, 4.69) is 44.1 Å². The SMILES string of the molecule is O=C(NCC1CCNCC1)C1NC(c2c[nH]c3ncc(-c4ccccc4)cc23)=CS1. The molecule has 1 unspecified atom stereocenters. The Kier molecular flexibility index (Phi) is 5.46. The van der Waals surface area contributed by atoms with Gasteiger partial charge in [0.05, 0.1) is 5.70 Å². The van der Waals surface area contributed by atoms with Gasteiger partial charge in [0, 0.05) is 35.5 Å². The quantitative estimate of drug-likeness (QED) is 0.510. The number of amides is 1. The van der Waals surface area contributed by atoms with Crippen LogP contribution < -0.4 is 16.0 Å². The normalized spacial score (nSPS) is 19.5. The number of hydrogen-bond donors (Lipinski definition) is 4. The van der Waals surface area contributed by atoms with Crippen LogP contribution in [-0.4, -0.2) is 40.9 Å². The van der Waals surface area contributed by atoms with Crippen LogP contribution in [0, 0.1) is 5.92 Å². The fraction of sp³-hybridized carbons (Fsp3) is 0.304. The molecule has 1 amide bonds. The van der Waals surface area contributed by atoms with E-state index in [0.29, 0.717) is 5.92 Å². The molecule has 0 spiro atoms. The topological polar surface area (TPSA) is 81.8 Å². The van der Waals surface area contributed by atoms with E-state index >= 15 is 0 Å². The Hall–Kier alpha value is -2.77. The summed E-state index contributed by atoms with van der Waals surface area (Å²) in [6.07, 6.45) is 6.10. The third-order valence-electron chi connectivity index (χ3n) is 5.80. The average Bonchev–Trinajstić information content (AvgIpc) is 3.45. The van der Waals surface area contributed by atoms with Crippen LogP contribution >= 0.6 is 11.8 Å². The molecule has 154 valence electrons. The molecule has 4 N–H and O–H groups in total. The highest BCUT2D eigenvalue weighted by molar-refractivity contribution is 8.03. The summed E-state index contributed by atoms with van der Waals surface area (Å²) >= 11 is 1.52. The van der Waals surface area contributed by atoms with Crippen LogP contribution in [-0.2, 0) is 4.79 Å². The maximum atomic E-state index is 12.6. The molecule has 0 aliphatic carbocycles. The van der Waals surface area contributed by atoms with Crippen LogP contribution in [0.5, 0.6) is 0 Å². The zero-order chi connectivity index (χ0) is 20.3. The van der Waals surface area contributed by atoms with Crippen molar-refractivity contribution in [2.45, 2.75) is 18.2 Å². The lowest BCUT2D eigenvalue weighted by Crippen LogP contribution is -2.42. The van der Waals surface area contributed by atoms with E-state index in [9.17, 15) is 4.79 Å². The van der Waals surface area contributed by atoms with Gasteiger partial charge in [-0.3, -0.25) is 4.79 Å². The molecule has 0 bridgehead atoms. The molecule has 6 nitrogen and oxygen atoms in total. The smallest absolute Gasteiger partial charge is 0.253 e. The summed E-state index contributed by atoms with van der Waals surface area (Å²) in [5.74, 6) is 0.623. The number of aromatic nitrogens is 2. The predicted octanol–water partition coefficient (Wildman–Crippen LogP) is 3.31. The maximum Gasteiger partial charge on any atom is 0.253 e. The van der Waals surface area contributed by atoms with E-state index in [-0.39, 0.29) is 11.3 Å². The minimum atomic E-state index is -0.295. The van der Waals surface area contributed by atoms with E-state index in [4.69, 9.17) is 0 Å². The van der Waals surface area contributed by atoms with E-state index in [1.54, 1.807) is 0 Å². The van der Waals surface area contributed by atoms with Gasteiger partial charge in [0.2, 0.25) is 0 Å². The molecule has 7 heteroatoms. The zero-order valence-corrected chi connectivity index (χ0v) is 17.5. The number of thioether (sulfide) groups is 1. The Morgan fingerprint density at radius 1 is 1.17 bits per heavy atom. The molecule has 1 fully saturated rings. The van der Waals surface area contributed by atoms with Crippen molar-refractivity contribution in [1.29, 1.82) is 0 Å². The Balaban J connectivity index is 1.28. The minimum absolute atomic E-state index is 0.0488. The molecule has 3 aromatic rings. The number of pyridine rings is 1. The summed E-state index contributed by atoms with van der Waals surface area (Å²) in [4.78, 5) is 20.5. The Labute approximate surface area is 179 Å². The van der Waals surface area contributed by atoms with Crippen molar-refractivity contribution < 1.29 is 4.79 Å². The number of hydrogen-bond acceptors (Lipinski definition) is 5. The van der Waals surface area contributed by atoms with Crippen molar-refractivity contribution >= 4 is 34.4 Å². The van der Waals surface area contributed by atoms with Crippen LogP contribution in [0.2, 0.25) is 0 Å². The van der Waals surface area contributed by atoms with Crippen molar-refractivity contribution in [3.63, 3.8) is 0 Å². The van der Waals surface area contributed by atoms with Crippen LogP contribution in [0.3, 0.4) is 0 Å². The molecule has 2 aromatic heterocycles. The molecular formula is C23H25N5OS. The van der Waals surface area contributed by atoms with Gasteiger partial charge in [-0.25, -0.2) is 4.98 Å². The fourth-order valence-corrected chi connectivity index (χ4v) is 4.92. The maximum absolute atomic E-state index is 12.6. The summed E-state index contributed by atoms with van der Waals surface area (Å²) in [6, 6.07) is 12.4. The van der Waals surface area contributed by atoms with Crippen molar-refractivity contribution in [2.75, 3.05) is 19.6 Å². The molecule has 4 heterocycles. The Morgan fingerprint density at radius 3 is 2.83 bits per heavy atom. The van der Waals surface area contributed by atoms with Gasteiger partial charge in [0.15, 0.2) is 5.37 Å². The molecule has 1 atom stereocenters. The summed E-state index contributed by atoms with van der Waals surface area (Å²) in [7, 11) is 0. The molecule has 5 rings (SSSR count). The summed E-state index contributed by atoms with van der Waals surface area (Å²) in [5.41, 5.74) is 5.05. The van der Waals surface area contributed by atoms with Crippen LogP contribution in [0.1, 0.15) is 18.4 Å². The van der Waals surface area contributed by atoms with Gasteiger partial charge in [0.25, 0.3) is 5.91 Å². The van der Waals surface area contributed by atoms with Crippen molar-refractivity contribution in [3.05, 3.63) is 59.8 Å². The average molecular weight is 420 g/mol. The van der Waals surface area contributed by atoms with Crippen molar-refractivity contribution in [1.82, 2.24) is 25.9 Å². The highest BCUT2D eigenvalue weighted by Gasteiger charge is 2.26. The van der Waals surface area contributed by atoms with Gasteiger partial charge in [-0.05, 0) is 48.9 Å². The van der Waals surface area contributed by atoms with E-state index in [0.717, 1.165) is 65.9 Å². The van der Waals surface area contributed by atoms with Gasteiger partial charge in [-0.15, -0.1) is 0 Å². The largest absolute Gasteiger partial charge is 0.364 e. The standard InChI is InChI=1S/C23H25N5OS/c29-22(27-11-15-6-8-24-9-7-15)23-28-20(14-30-23)19-13-26-21-18(19)10-17(12-25-21)16-4-2-1-3-5-16/h1-5,10,12-15,23-24,28H,6-9,11H2,(H,25,26)(H,27,29). The van der Waals surface area contributed by atoms with Gasteiger partial charge in [0.1, 0.15) is 5.65 Å². The molecule has 1 aromatic carbocycles. The lowest BCUT2D eigenvalue weighted by Gasteiger charge is -2.23. The lowest BCUT2D eigenvalue weighted by atomic mass is 9.98. The number of carbonyl (C=O) groups is 1. The zero-order valence-electron chi connectivity index (χ0n) is 16.7.